The first-order valence-electron chi connectivity index (χ1n) is 11.8. The number of aromatic nitrogens is 4. The third kappa shape index (κ3) is 3.43. The number of hydrogen-bond acceptors (Lipinski definition) is 7. The van der Waals surface area contributed by atoms with Crippen LogP contribution in [0.2, 0.25) is 0 Å². The number of nitrogens with zero attached hydrogens (tertiary/aromatic N) is 3. The Morgan fingerprint density at radius 1 is 1.03 bits per heavy atom. The monoisotopic (exact) mass is 481 g/mol. The average Bonchev–Trinajstić information content (AvgIpc) is 3.52. The minimum atomic E-state index is -0.128. The smallest absolute Gasteiger partial charge is 0.161 e. The Labute approximate surface area is 208 Å². The largest absolute Gasteiger partial charge is 0.496 e. The Morgan fingerprint density at radius 3 is 2.56 bits per heavy atom. The van der Waals surface area contributed by atoms with E-state index in [9.17, 15) is 0 Å². The zero-order valence-corrected chi connectivity index (χ0v) is 20.8. The van der Waals surface area contributed by atoms with Gasteiger partial charge in [0.1, 0.15) is 29.3 Å². The summed E-state index contributed by atoms with van der Waals surface area (Å²) in [6.45, 7) is 7.88. The Kier molecular flexibility index (Phi) is 5.06. The minimum absolute atomic E-state index is 0.128. The summed E-state index contributed by atoms with van der Waals surface area (Å²) in [5, 5.41) is 19.7. The van der Waals surface area contributed by atoms with Gasteiger partial charge in [-0.1, -0.05) is 35.5 Å². The third-order valence-electron chi connectivity index (χ3n) is 6.58. The third-order valence-corrected chi connectivity index (χ3v) is 6.58. The number of amidine groups is 1. The molecule has 36 heavy (non-hydrogen) atoms. The molecule has 2 aromatic carbocycles. The van der Waals surface area contributed by atoms with Crippen molar-refractivity contribution in [2.45, 2.75) is 33.9 Å². The van der Waals surface area contributed by atoms with Gasteiger partial charge < -0.3 is 24.9 Å². The SMILES string of the molecule is COc1cc2c3c([nH]c2cc1-c1c(C)noc1C)NC(C)N=C3Nc1n[nH]c(C)c1-c1ccccc1. The maximum absolute atomic E-state index is 5.82. The van der Waals surface area contributed by atoms with Crippen LogP contribution in [0.25, 0.3) is 33.2 Å². The van der Waals surface area contributed by atoms with E-state index < -0.39 is 0 Å². The molecular formula is C27H27N7O2. The number of ether oxygens (including phenoxy) is 1. The van der Waals surface area contributed by atoms with Crippen LogP contribution in [0.1, 0.15) is 29.6 Å². The minimum Gasteiger partial charge on any atom is -0.496 e. The van der Waals surface area contributed by atoms with Crippen LogP contribution >= 0.6 is 0 Å². The zero-order valence-electron chi connectivity index (χ0n) is 20.8. The van der Waals surface area contributed by atoms with Crippen molar-refractivity contribution in [3.63, 3.8) is 0 Å². The molecular weight excluding hydrogens is 454 g/mol. The van der Waals surface area contributed by atoms with Gasteiger partial charge in [-0.3, -0.25) is 5.10 Å². The second kappa shape index (κ2) is 8.30. The molecule has 0 saturated heterocycles. The topological polar surface area (TPSA) is 116 Å². The van der Waals surface area contributed by atoms with Crippen LogP contribution in [0, 0.1) is 20.8 Å². The van der Waals surface area contributed by atoms with Gasteiger partial charge in [0.15, 0.2) is 5.82 Å². The predicted octanol–water partition coefficient (Wildman–Crippen LogP) is 5.78. The highest BCUT2D eigenvalue weighted by atomic mass is 16.5. The summed E-state index contributed by atoms with van der Waals surface area (Å²) in [6.07, 6.45) is -0.128. The Balaban J connectivity index is 1.49. The Bertz CT molecular complexity index is 1610. The molecule has 0 radical (unpaired) electrons. The van der Waals surface area contributed by atoms with Crippen LogP contribution in [0.3, 0.4) is 0 Å². The molecule has 1 unspecified atom stereocenters. The molecule has 9 nitrogen and oxygen atoms in total. The number of hydrogen-bond donors (Lipinski definition) is 4. The Morgan fingerprint density at radius 2 is 1.83 bits per heavy atom. The van der Waals surface area contributed by atoms with Crippen LogP contribution in [0.5, 0.6) is 5.75 Å². The molecule has 1 atom stereocenters. The lowest BCUT2D eigenvalue weighted by Crippen LogP contribution is -2.27. The first-order chi connectivity index (χ1) is 17.4. The molecule has 182 valence electrons. The number of rotatable bonds is 4. The lowest BCUT2D eigenvalue weighted by atomic mass is 10.00. The molecule has 0 amide bonds. The number of nitrogens with one attached hydrogen (secondary N) is 4. The standard InChI is InChI=1S/C27H27N7O2/c1-13-23(17-9-7-6-8-10-17)27(33-32-13)31-26-24-18-12-21(35-5)19(22-14(2)34-36-15(22)3)11-20(18)30-25(24)28-16(4)29-26/h6-12,16,28,30H,1-5H3,(H2,29,31,32,33). The number of anilines is 2. The summed E-state index contributed by atoms with van der Waals surface area (Å²) >= 11 is 0. The van der Waals surface area contributed by atoms with Gasteiger partial charge in [0, 0.05) is 27.7 Å². The van der Waals surface area contributed by atoms with E-state index in [4.69, 9.17) is 14.3 Å². The fourth-order valence-corrected chi connectivity index (χ4v) is 4.99. The van der Waals surface area contributed by atoms with Crippen LogP contribution in [-0.4, -0.2) is 39.4 Å². The van der Waals surface area contributed by atoms with Gasteiger partial charge >= 0.3 is 0 Å². The van der Waals surface area contributed by atoms with Crippen molar-refractivity contribution in [3.05, 3.63) is 65.2 Å². The highest BCUT2D eigenvalue weighted by molar-refractivity contribution is 6.21. The second-order valence-electron chi connectivity index (χ2n) is 9.03. The van der Waals surface area contributed by atoms with Crippen molar-refractivity contribution in [1.29, 1.82) is 0 Å². The highest BCUT2D eigenvalue weighted by Gasteiger charge is 2.27. The van der Waals surface area contributed by atoms with Crippen molar-refractivity contribution >= 4 is 28.4 Å². The lowest BCUT2D eigenvalue weighted by molar-refractivity contribution is 0.393. The van der Waals surface area contributed by atoms with Gasteiger partial charge in [0.25, 0.3) is 0 Å². The lowest BCUT2D eigenvalue weighted by Gasteiger charge is -2.21. The molecule has 0 bridgehead atoms. The summed E-state index contributed by atoms with van der Waals surface area (Å²) in [5.74, 6) is 3.84. The number of benzene rings is 2. The van der Waals surface area contributed by atoms with Crippen LogP contribution in [0.4, 0.5) is 11.6 Å². The Hall–Kier alpha value is -4.53. The van der Waals surface area contributed by atoms with Crippen molar-refractivity contribution in [3.8, 4) is 28.0 Å². The van der Waals surface area contributed by atoms with Crippen molar-refractivity contribution < 1.29 is 9.26 Å². The van der Waals surface area contributed by atoms with Gasteiger partial charge in [0.05, 0.1) is 23.9 Å². The van der Waals surface area contributed by atoms with Crippen molar-refractivity contribution in [1.82, 2.24) is 20.3 Å². The van der Waals surface area contributed by atoms with E-state index in [0.29, 0.717) is 0 Å². The van der Waals surface area contributed by atoms with E-state index in [0.717, 1.165) is 79.1 Å². The first kappa shape index (κ1) is 22.0. The summed E-state index contributed by atoms with van der Waals surface area (Å²) in [7, 11) is 1.67. The molecule has 1 aliphatic rings. The van der Waals surface area contributed by atoms with Gasteiger partial charge in [-0.05, 0) is 45.4 Å². The molecule has 4 N–H and O–H groups in total. The molecule has 0 saturated carbocycles. The maximum atomic E-state index is 5.82. The molecule has 0 spiro atoms. The van der Waals surface area contributed by atoms with Gasteiger partial charge in [-0.2, -0.15) is 5.10 Å². The van der Waals surface area contributed by atoms with Crippen LogP contribution in [0.15, 0.2) is 52.0 Å². The number of methoxy groups -OCH3 is 1. The molecule has 0 aliphatic carbocycles. The number of aliphatic imine (C=N–C) groups is 1. The van der Waals surface area contributed by atoms with Crippen LogP contribution < -0.4 is 15.4 Å². The zero-order chi connectivity index (χ0) is 25.0. The predicted molar refractivity (Wildman–Crippen MR) is 142 cm³/mol. The molecule has 9 heteroatoms. The summed E-state index contributed by atoms with van der Waals surface area (Å²) in [6, 6.07) is 14.3. The van der Waals surface area contributed by atoms with E-state index in [1.165, 1.54) is 0 Å². The molecule has 3 aromatic heterocycles. The number of aromatic amines is 2. The fraction of sp³-hybridized carbons (Fsp3) is 0.222. The summed E-state index contributed by atoms with van der Waals surface area (Å²) in [5.41, 5.74) is 7.65. The molecule has 0 fully saturated rings. The first-order valence-corrected chi connectivity index (χ1v) is 11.8. The van der Waals surface area contributed by atoms with E-state index in [1.807, 2.05) is 52.0 Å². The number of aryl methyl sites for hydroxylation is 3. The van der Waals surface area contributed by atoms with E-state index >= 15 is 0 Å². The number of fused-ring (bicyclic) bond motifs is 3. The molecule has 4 heterocycles. The maximum Gasteiger partial charge on any atom is 0.161 e. The normalized spacial score (nSPS) is 14.9. The second-order valence-corrected chi connectivity index (χ2v) is 9.03. The molecule has 6 rings (SSSR count). The van der Waals surface area contributed by atoms with E-state index in [-0.39, 0.29) is 6.17 Å². The van der Waals surface area contributed by atoms with Crippen LogP contribution in [-0.2, 0) is 0 Å². The summed E-state index contributed by atoms with van der Waals surface area (Å²) in [4.78, 5) is 8.44. The molecule has 5 aromatic rings. The van der Waals surface area contributed by atoms with Crippen molar-refractivity contribution in [2.24, 2.45) is 4.99 Å². The highest BCUT2D eigenvalue weighted by Crippen LogP contribution is 2.41. The van der Waals surface area contributed by atoms with E-state index in [2.05, 4.69) is 49.2 Å². The van der Waals surface area contributed by atoms with Gasteiger partial charge in [-0.15, -0.1) is 0 Å². The molecule has 1 aliphatic heterocycles. The van der Waals surface area contributed by atoms with Gasteiger partial charge in [-0.25, -0.2) is 4.99 Å². The number of H-pyrrole nitrogens is 2. The average molecular weight is 482 g/mol. The summed E-state index contributed by atoms with van der Waals surface area (Å²) < 4.78 is 11.2. The van der Waals surface area contributed by atoms with E-state index in [1.54, 1.807) is 7.11 Å². The fourth-order valence-electron chi connectivity index (χ4n) is 4.99. The van der Waals surface area contributed by atoms with Gasteiger partial charge in [0.2, 0.25) is 0 Å². The quantitative estimate of drug-likeness (QED) is 0.259. The van der Waals surface area contributed by atoms with Crippen molar-refractivity contribution in [2.75, 3.05) is 17.7 Å².